The summed E-state index contributed by atoms with van der Waals surface area (Å²) in [6.07, 6.45) is 2.89. The van der Waals surface area contributed by atoms with Crippen LogP contribution in [-0.4, -0.2) is 32.4 Å². The average Bonchev–Trinajstić information content (AvgIpc) is 3.26. The van der Waals surface area contributed by atoms with Crippen molar-refractivity contribution in [1.29, 1.82) is 0 Å². The molecule has 1 aromatic carbocycles. The zero-order chi connectivity index (χ0) is 18.2. The van der Waals surface area contributed by atoms with Gasteiger partial charge in [-0.1, -0.05) is 17.7 Å². The van der Waals surface area contributed by atoms with Crippen LogP contribution in [0.2, 0.25) is 5.02 Å². The van der Waals surface area contributed by atoms with Gasteiger partial charge in [0.1, 0.15) is 18.4 Å². The molecular formula is C15H14ClF4N3O2. The van der Waals surface area contributed by atoms with E-state index in [0.717, 1.165) is 29.2 Å². The Morgan fingerprint density at radius 2 is 2.08 bits per heavy atom. The maximum absolute atomic E-state index is 14.9. The lowest BCUT2D eigenvalue weighted by Gasteiger charge is -2.37. The molecule has 1 fully saturated rings. The van der Waals surface area contributed by atoms with Gasteiger partial charge in [-0.2, -0.15) is 13.9 Å². The molecule has 0 saturated heterocycles. The predicted octanol–water partition coefficient (Wildman–Crippen LogP) is 3.47. The summed E-state index contributed by atoms with van der Waals surface area (Å²) in [5.41, 5.74) is -2.97. The number of ether oxygens (including phenoxy) is 1. The normalized spacial score (nSPS) is 17.6. The lowest BCUT2D eigenvalue weighted by atomic mass is 9.84. The van der Waals surface area contributed by atoms with Crippen molar-refractivity contribution in [2.45, 2.75) is 37.5 Å². The Hall–Kier alpha value is -1.87. The molecule has 1 atom stereocenters. The lowest BCUT2D eigenvalue weighted by Crippen LogP contribution is -2.50. The number of hydrogen-bond acceptors (Lipinski definition) is 4. The predicted molar refractivity (Wildman–Crippen MR) is 79.7 cm³/mol. The third-order valence-electron chi connectivity index (χ3n) is 4.11. The number of rotatable bonds is 7. The molecule has 2 aromatic rings. The third-order valence-corrected chi connectivity index (χ3v) is 4.42. The number of alkyl halides is 4. The molecule has 0 amide bonds. The summed E-state index contributed by atoms with van der Waals surface area (Å²) >= 11 is 6.01. The van der Waals surface area contributed by atoms with E-state index in [1.165, 1.54) is 6.33 Å². The lowest BCUT2D eigenvalue weighted by molar-refractivity contribution is -0.208. The molecule has 1 heterocycles. The topological polar surface area (TPSA) is 60.2 Å². The standard InChI is InChI=1S/C15H14ClF4N3O2/c16-12-5-10(25-13(17)18)3-4-11(12)14(24,6-23-8-21-7-22-23)15(19,20)9-1-2-9/h3-5,7-9,13,24H,1-2,6H2. The third kappa shape index (κ3) is 3.43. The quantitative estimate of drug-likeness (QED) is 0.748. The van der Waals surface area contributed by atoms with Gasteiger partial charge in [-0.3, -0.25) is 0 Å². The summed E-state index contributed by atoms with van der Waals surface area (Å²) in [6.45, 7) is -3.67. The summed E-state index contributed by atoms with van der Waals surface area (Å²) in [7, 11) is 0. The molecule has 136 valence electrons. The minimum Gasteiger partial charge on any atom is -0.435 e. The van der Waals surface area contributed by atoms with E-state index in [4.69, 9.17) is 11.6 Å². The maximum atomic E-state index is 14.9. The van der Waals surface area contributed by atoms with Crippen molar-refractivity contribution in [3.63, 3.8) is 0 Å². The Morgan fingerprint density at radius 1 is 1.36 bits per heavy atom. The van der Waals surface area contributed by atoms with E-state index in [1.54, 1.807) is 0 Å². The zero-order valence-electron chi connectivity index (χ0n) is 12.7. The van der Waals surface area contributed by atoms with Crippen LogP contribution in [0.5, 0.6) is 5.75 Å². The summed E-state index contributed by atoms with van der Waals surface area (Å²) in [5, 5.41) is 14.4. The molecule has 0 radical (unpaired) electrons. The monoisotopic (exact) mass is 379 g/mol. The molecular weight excluding hydrogens is 366 g/mol. The van der Waals surface area contributed by atoms with Crippen LogP contribution in [-0.2, 0) is 12.1 Å². The first-order valence-electron chi connectivity index (χ1n) is 7.41. The molecule has 1 aliphatic carbocycles. The van der Waals surface area contributed by atoms with Gasteiger partial charge < -0.3 is 9.84 Å². The number of benzene rings is 1. The van der Waals surface area contributed by atoms with Crippen LogP contribution < -0.4 is 4.74 Å². The Bertz CT molecular complexity index is 740. The van der Waals surface area contributed by atoms with Crippen molar-refractivity contribution in [1.82, 2.24) is 14.8 Å². The highest BCUT2D eigenvalue weighted by Gasteiger charge is 2.62. The fourth-order valence-corrected chi connectivity index (χ4v) is 3.04. The second kappa shape index (κ2) is 6.45. The molecule has 1 N–H and O–H groups in total. The van der Waals surface area contributed by atoms with Gasteiger partial charge in [0.05, 0.1) is 11.6 Å². The highest BCUT2D eigenvalue weighted by atomic mass is 35.5. The molecule has 25 heavy (non-hydrogen) atoms. The molecule has 5 nitrogen and oxygen atoms in total. The van der Waals surface area contributed by atoms with E-state index in [9.17, 15) is 22.7 Å². The van der Waals surface area contributed by atoms with Gasteiger partial charge in [0.25, 0.3) is 5.92 Å². The van der Waals surface area contributed by atoms with E-state index in [2.05, 4.69) is 14.8 Å². The Labute approximate surface area is 145 Å². The van der Waals surface area contributed by atoms with E-state index in [-0.39, 0.29) is 29.2 Å². The van der Waals surface area contributed by atoms with E-state index < -0.39 is 30.6 Å². The molecule has 1 aromatic heterocycles. The van der Waals surface area contributed by atoms with Crippen LogP contribution in [0.15, 0.2) is 30.9 Å². The summed E-state index contributed by atoms with van der Waals surface area (Å²) in [4.78, 5) is 3.67. The zero-order valence-corrected chi connectivity index (χ0v) is 13.5. The first-order chi connectivity index (χ1) is 11.7. The van der Waals surface area contributed by atoms with Crippen LogP contribution in [0.4, 0.5) is 17.6 Å². The van der Waals surface area contributed by atoms with Crippen LogP contribution in [0.3, 0.4) is 0 Å². The van der Waals surface area contributed by atoms with Gasteiger partial charge in [-0.05, 0) is 25.0 Å². The van der Waals surface area contributed by atoms with Crippen molar-refractivity contribution >= 4 is 11.6 Å². The number of halogens is 5. The van der Waals surface area contributed by atoms with Crippen molar-refractivity contribution in [3.8, 4) is 5.75 Å². The minimum atomic E-state index is -3.49. The van der Waals surface area contributed by atoms with Gasteiger partial charge in [0, 0.05) is 11.5 Å². The summed E-state index contributed by atoms with van der Waals surface area (Å²) < 4.78 is 59.7. The summed E-state index contributed by atoms with van der Waals surface area (Å²) in [5.74, 6) is -4.77. The number of aliphatic hydroxyl groups is 1. The van der Waals surface area contributed by atoms with Crippen molar-refractivity contribution < 1.29 is 27.4 Å². The van der Waals surface area contributed by atoms with Gasteiger partial charge >= 0.3 is 6.61 Å². The van der Waals surface area contributed by atoms with Crippen molar-refractivity contribution in [2.75, 3.05) is 0 Å². The van der Waals surface area contributed by atoms with Crippen LogP contribution in [0.25, 0.3) is 0 Å². The second-order valence-electron chi connectivity index (χ2n) is 5.87. The number of nitrogens with zero attached hydrogens (tertiary/aromatic N) is 3. The first kappa shape index (κ1) is 17.9. The van der Waals surface area contributed by atoms with E-state index in [1.807, 2.05) is 0 Å². The molecule has 1 unspecified atom stereocenters. The van der Waals surface area contributed by atoms with Crippen molar-refractivity contribution in [3.05, 3.63) is 41.4 Å². The highest BCUT2D eigenvalue weighted by molar-refractivity contribution is 6.31. The number of hydrogen-bond donors (Lipinski definition) is 1. The molecule has 0 aliphatic heterocycles. The molecule has 1 aliphatic rings. The Balaban J connectivity index is 2.02. The fourth-order valence-electron chi connectivity index (χ4n) is 2.71. The smallest absolute Gasteiger partial charge is 0.387 e. The van der Waals surface area contributed by atoms with Gasteiger partial charge in [0.2, 0.25) is 0 Å². The second-order valence-corrected chi connectivity index (χ2v) is 6.28. The fraction of sp³-hybridized carbons (Fsp3) is 0.467. The SMILES string of the molecule is OC(Cn1cncn1)(c1ccc(OC(F)F)cc1Cl)C(F)(F)C1CC1. The Morgan fingerprint density at radius 3 is 2.60 bits per heavy atom. The van der Waals surface area contributed by atoms with Crippen LogP contribution in [0, 0.1) is 5.92 Å². The van der Waals surface area contributed by atoms with Crippen LogP contribution >= 0.6 is 11.6 Å². The Kier molecular flexibility index (Phi) is 4.63. The van der Waals surface area contributed by atoms with Crippen molar-refractivity contribution in [2.24, 2.45) is 5.92 Å². The molecule has 1 saturated carbocycles. The molecule has 10 heteroatoms. The maximum Gasteiger partial charge on any atom is 0.387 e. The highest BCUT2D eigenvalue weighted by Crippen LogP contribution is 2.54. The summed E-state index contributed by atoms with van der Waals surface area (Å²) in [6, 6.07) is 3.09. The first-order valence-corrected chi connectivity index (χ1v) is 7.79. The average molecular weight is 380 g/mol. The molecule has 0 spiro atoms. The minimum absolute atomic E-state index is 0.275. The molecule has 0 bridgehead atoms. The molecule has 3 rings (SSSR count). The van der Waals surface area contributed by atoms with Gasteiger partial charge in [-0.15, -0.1) is 0 Å². The van der Waals surface area contributed by atoms with Gasteiger partial charge in [0.15, 0.2) is 5.60 Å². The van der Waals surface area contributed by atoms with E-state index >= 15 is 0 Å². The number of aromatic nitrogens is 3. The van der Waals surface area contributed by atoms with Crippen LogP contribution in [0.1, 0.15) is 18.4 Å². The largest absolute Gasteiger partial charge is 0.435 e. The van der Waals surface area contributed by atoms with Gasteiger partial charge in [-0.25, -0.2) is 18.4 Å². The van der Waals surface area contributed by atoms with E-state index in [0.29, 0.717) is 0 Å².